The molecular formula is C36H46N8O2. The average Bonchev–Trinajstić information content (AvgIpc) is 3.89. The van der Waals surface area contributed by atoms with Crippen molar-refractivity contribution in [1.29, 1.82) is 0 Å². The Kier molecular flexibility index (Phi) is 9.89. The number of carbonyl (C=O) groups excluding carboxylic acids is 2. The summed E-state index contributed by atoms with van der Waals surface area (Å²) < 4.78 is 0. The van der Waals surface area contributed by atoms with Crippen LogP contribution in [0, 0.1) is 0 Å². The molecule has 0 radical (unpaired) electrons. The lowest BCUT2D eigenvalue weighted by molar-refractivity contribution is -0.113. The highest BCUT2D eigenvalue weighted by Crippen LogP contribution is 2.34. The van der Waals surface area contributed by atoms with Crippen LogP contribution >= 0.6 is 0 Å². The van der Waals surface area contributed by atoms with Gasteiger partial charge in [0.25, 0.3) is 0 Å². The first-order chi connectivity index (χ1) is 22.3. The molecule has 0 saturated carbocycles. The monoisotopic (exact) mass is 622 g/mol. The van der Waals surface area contributed by atoms with E-state index in [9.17, 15) is 9.59 Å². The molecule has 0 aliphatic carbocycles. The van der Waals surface area contributed by atoms with Crippen molar-refractivity contribution < 1.29 is 9.59 Å². The van der Waals surface area contributed by atoms with E-state index in [1.54, 1.807) is 0 Å². The normalized spacial score (nSPS) is 20.5. The third-order valence-electron chi connectivity index (χ3n) is 9.76. The molecule has 2 unspecified atom stereocenters. The Morgan fingerprint density at radius 2 is 1.04 bits per heavy atom. The number of aromatic amines is 2. The summed E-state index contributed by atoms with van der Waals surface area (Å²) in [5.41, 5.74) is 6.50. The summed E-state index contributed by atoms with van der Waals surface area (Å²) in [5, 5.41) is 0. The molecule has 4 atom stereocenters. The zero-order chi connectivity index (χ0) is 32.2. The number of aromatic nitrogens is 4. The number of nitrogens with zero attached hydrogens (tertiary/aromatic N) is 6. The predicted molar refractivity (Wildman–Crippen MR) is 181 cm³/mol. The van der Waals surface area contributed by atoms with Gasteiger partial charge in [0.05, 0.1) is 47.9 Å². The number of benzene rings is 2. The first-order valence-corrected chi connectivity index (χ1v) is 16.4. The molecule has 2 aromatic carbocycles. The number of likely N-dealkylation sites (tertiary alicyclic amines) is 2. The molecule has 2 fully saturated rings. The molecule has 2 saturated heterocycles. The summed E-state index contributed by atoms with van der Waals surface area (Å²) in [6.07, 6.45) is 10.2. The van der Waals surface area contributed by atoms with E-state index in [4.69, 9.17) is 9.97 Å². The third-order valence-corrected chi connectivity index (χ3v) is 9.76. The van der Waals surface area contributed by atoms with Crippen molar-refractivity contribution in [3.63, 3.8) is 0 Å². The highest BCUT2D eigenvalue weighted by Gasteiger charge is 2.32. The van der Waals surface area contributed by atoms with Crippen LogP contribution in [0.25, 0.3) is 33.6 Å². The highest BCUT2D eigenvalue weighted by molar-refractivity contribution is 5.71. The lowest BCUT2D eigenvalue weighted by Crippen LogP contribution is -2.41. The maximum atomic E-state index is 11.6. The van der Waals surface area contributed by atoms with E-state index in [-0.39, 0.29) is 24.2 Å². The smallest absolute Gasteiger partial charge is 0.138 e. The standard InChI is InChI=1S/C36H46N8O2/c1-41(2)29(23-45)21-43-17-5-7-33(43)35-37-19-31(39-35)27-13-9-25(10-14-27)26-11-15-28(16-12-26)32-20-38-36(40-32)34-8-6-18-44(34)22-30(24-46)42(3)4/h9-16,19-20,23-24,29-30,33-34H,5-8,17-18,21-22H2,1-4H3,(H,37,39)(H,38,40)/t29?,30?,33-,34-/m0/s1. The van der Waals surface area contributed by atoms with E-state index in [1.807, 2.05) is 50.4 Å². The Balaban J connectivity index is 1.10. The molecule has 10 nitrogen and oxygen atoms in total. The van der Waals surface area contributed by atoms with Crippen molar-refractivity contribution in [3.05, 3.63) is 72.6 Å². The number of hydrogen-bond acceptors (Lipinski definition) is 8. The van der Waals surface area contributed by atoms with Gasteiger partial charge in [-0.25, -0.2) is 9.97 Å². The molecular weight excluding hydrogens is 576 g/mol. The molecule has 0 spiro atoms. The fraction of sp³-hybridized carbons (Fsp3) is 0.444. The topological polar surface area (TPSA) is 104 Å². The Morgan fingerprint density at radius 1 is 0.674 bits per heavy atom. The van der Waals surface area contributed by atoms with Gasteiger partial charge < -0.3 is 19.6 Å². The molecule has 4 heterocycles. The van der Waals surface area contributed by atoms with E-state index in [1.165, 1.54) is 0 Å². The quantitative estimate of drug-likeness (QED) is 0.208. The summed E-state index contributed by atoms with van der Waals surface area (Å²) in [6.45, 7) is 3.39. The molecule has 2 N–H and O–H groups in total. The van der Waals surface area contributed by atoms with Crippen LogP contribution in [0.5, 0.6) is 0 Å². The van der Waals surface area contributed by atoms with Crippen molar-refractivity contribution in [2.45, 2.75) is 49.9 Å². The molecule has 10 heteroatoms. The number of hydrogen-bond donors (Lipinski definition) is 2. The molecule has 6 rings (SSSR count). The van der Waals surface area contributed by atoms with Gasteiger partial charge in [0.1, 0.15) is 24.2 Å². The Labute approximate surface area is 271 Å². The van der Waals surface area contributed by atoms with Gasteiger partial charge in [0.2, 0.25) is 0 Å². The lowest BCUT2D eigenvalue weighted by atomic mass is 10.0. The van der Waals surface area contributed by atoms with Crippen LogP contribution < -0.4 is 0 Å². The fourth-order valence-corrected chi connectivity index (χ4v) is 6.84. The van der Waals surface area contributed by atoms with Crippen LogP contribution in [0.1, 0.15) is 49.4 Å². The fourth-order valence-electron chi connectivity index (χ4n) is 6.84. The van der Waals surface area contributed by atoms with Gasteiger partial charge in [-0.15, -0.1) is 0 Å². The number of nitrogens with one attached hydrogen (secondary N) is 2. The molecule has 242 valence electrons. The number of likely N-dealkylation sites (N-methyl/N-ethyl adjacent to an activating group) is 2. The molecule has 4 aromatic rings. The van der Waals surface area contributed by atoms with E-state index < -0.39 is 0 Å². The minimum absolute atomic E-state index is 0.118. The highest BCUT2D eigenvalue weighted by atomic mass is 16.1. The summed E-state index contributed by atoms with van der Waals surface area (Å²) in [4.78, 5) is 48.5. The average molecular weight is 623 g/mol. The summed E-state index contributed by atoms with van der Waals surface area (Å²) >= 11 is 0. The number of carbonyl (C=O) groups is 2. The summed E-state index contributed by atoms with van der Waals surface area (Å²) in [7, 11) is 7.80. The van der Waals surface area contributed by atoms with E-state index >= 15 is 0 Å². The minimum atomic E-state index is -0.118. The van der Waals surface area contributed by atoms with Crippen LogP contribution in [-0.2, 0) is 9.59 Å². The van der Waals surface area contributed by atoms with Crippen LogP contribution in [0.4, 0.5) is 0 Å². The molecule has 0 amide bonds. The van der Waals surface area contributed by atoms with Gasteiger partial charge in [-0.2, -0.15) is 0 Å². The van der Waals surface area contributed by atoms with Gasteiger partial charge in [-0.1, -0.05) is 48.5 Å². The van der Waals surface area contributed by atoms with Crippen LogP contribution in [-0.4, -0.2) is 119 Å². The number of imidazole rings is 2. The zero-order valence-corrected chi connectivity index (χ0v) is 27.4. The molecule has 2 aliphatic rings. The van der Waals surface area contributed by atoms with Crippen molar-refractivity contribution in [2.75, 3.05) is 54.4 Å². The van der Waals surface area contributed by atoms with Crippen molar-refractivity contribution in [1.82, 2.24) is 39.5 Å². The van der Waals surface area contributed by atoms with Crippen molar-refractivity contribution in [2.24, 2.45) is 0 Å². The third kappa shape index (κ3) is 6.90. The first kappa shape index (κ1) is 32.0. The van der Waals surface area contributed by atoms with Crippen LogP contribution in [0.15, 0.2) is 60.9 Å². The lowest BCUT2D eigenvalue weighted by Gasteiger charge is -2.28. The molecule has 46 heavy (non-hydrogen) atoms. The van der Waals surface area contributed by atoms with E-state index in [2.05, 4.69) is 68.3 Å². The first-order valence-electron chi connectivity index (χ1n) is 16.4. The van der Waals surface area contributed by atoms with Crippen LogP contribution in [0.2, 0.25) is 0 Å². The van der Waals surface area contributed by atoms with Gasteiger partial charge in [-0.05, 0) is 89.2 Å². The summed E-state index contributed by atoms with van der Waals surface area (Å²) in [5.74, 6) is 1.94. The van der Waals surface area contributed by atoms with E-state index in [0.29, 0.717) is 13.1 Å². The number of H-pyrrole nitrogens is 2. The van der Waals surface area contributed by atoms with E-state index in [0.717, 1.165) is 96.6 Å². The van der Waals surface area contributed by atoms with Crippen molar-refractivity contribution in [3.8, 4) is 33.6 Å². The summed E-state index contributed by atoms with van der Waals surface area (Å²) in [6, 6.07) is 17.4. The second kappa shape index (κ2) is 14.2. The Bertz CT molecular complexity index is 1470. The molecule has 2 aromatic heterocycles. The zero-order valence-electron chi connectivity index (χ0n) is 27.4. The molecule has 2 aliphatic heterocycles. The van der Waals surface area contributed by atoms with Crippen molar-refractivity contribution >= 4 is 12.6 Å². The van der Waals surface area contributed by atoms with Crippen LogP contribution in [0.3, 0.4) is 0 Å². The van der Waals surface area contributed by atoms with Gasteiger partial charge in [-0.3, -0.25) is 19.6 Å². The second-order valence-electron chi connectivity index (χ2n) is 13.2. The number of rotatable bonds is 13. The number of aldehydes is 2. The van der Waals surface area contributed by atoms with Gasteiger partial charge in [0, 0.05) is 13.1 Å². The minimum Gasteiger partial charge on any atom is -0.341 e. The maximum absolute atomic E-state index is 11.6. The van der Waals surface area contributed by atoms with Gasteiger partial charge in [0.15, 0.2) is 0 Å². The Morgan fingerprint density at radius 3 is 1.39 bits per heavy atom. The molecule has 0 bridgehead atoms. The SMILES string of the molecule is CN(C)C(C=O)CN1CCC[C@H]1c1ncc(-c2ccc(-c3ccc(-c4cnc([C@@H]5CCCN5CC(C=O)N(C)C)[nH]4)cc3)cc2)[nH]1. The predicted octanol–water partition coefficient (Wildman–Crippen LogP) is 4.67. The van der Waals surface area contributed by atoms with Gasteiger partial charge >= 0.3 is 0 Å². The largest absolute Gasteiger partial charge is 0.341 e. The Hall–Kier alpha value is -3.96. The maximum Gasteiger partial charge on any atom is 0.138 e. The second-order valence-corrected chi connectivity index (χ2v) is 13.2.